The molecule has 4 heterocycles. The lowest BCUT2D eigenvalue weighted by Crippen LogP contribution is -2.47. The third-order valence-corrected chi connectivity index (χ3v) is 10.7. The summed E-state index contributed by atoms with van der Waals surface area (Å²) >= 11 is 0. The summed E-state index contributed by atoms with van der Waals surface area (Å²) < 4.78 is 13.9. The van der Waals surface area contributed by atoms with E-state index in [1.807, 2.05) is 60.7 Å². The lowest BCUT2D eigenvalue weighted by atomic mass is 9.93. The molecule has 7 rings (SSSR count). The summed E-state index contributed by atoms with van der Waals surface area (Å²) in [6, 6.07) is 22.2. The van der Waals surface area contributed by atoms with E-state index in [1.165, 1.54) is 4.90 Å². The van der Waals surface area contributed by atoms with E-state index in [-0.39, 0.29) is 55.5 Å². The summed E-state index contributed by atoms with van der Waals surface area (Å²) in [6.07, 6.45) is 3.82. The summed E-state index contributed by atoms with van der Waals surface area (Å²) in [5.74, 6) is 7.77. The number of aromatic nitrogens is 2. The Kier molecular flexibility index (Phi) is 10.3. The minimum Gasteiger partial charge on any atom is -0.497 e. The molecule has 3 aliphatic heterocycles. The molecule has 0 spiro atoms. The molecule has 0 bridgehead atoms. The van der Waals surface area contributed by atoms with Gasteiger partial charge in [-0.3, -0.25) is 23.6 Å². The van der Waals surface area contributed by atoms with Gasteiger partial charge in [-0.15, -0.1) is 0 Å². The van der Waals surface area contributed by atoms with Crippen molar-refractivity contribution in [2.75, 3.05) is 38.2 Å². The number of anilines is 1. The first-order chi connectivity index (χ1) is 25.3. The van der Waals surface area contributed by atoms with Gasteiger partial charge in [0.15, 0.2) is 0 Å². The number of ether oxygens (including phenoxy) is 2. The number of aryl methyl sites for hydroxylation is 1. The Hall–Kier alpha value is -5.50. The Bertz CT molecular complexity index is 2040. The first kappa shape index (κ1) is 34.9. The molecule has 3 aromatic carbocycles. The highest BCUT2D eigenvalue weighted by Crippen LogP contribution is 2.31. The number of methoxy groups -OCH3 is 1. The minimum absolute atomic E-state index is 0.146. The second kappa shape index (κ2) is 15.4. The molecule has 0 saturated carbocycles. The van der Waals surface area contributed by atoms with Gasteiger partial charge in [0.05, 0.1) is 24.7 Å². The van der Waals surface area contributed by atoms with Gasteiger partial charge in [-0.1, -0.05) is 54.3 Å². The van der Waals surface area contributed by atoms with Crippen LogP contribution in [0.5, 0.6) is 5.75 Å². The highest BCUT2D eigenvalue weighted by molar-refractivity contribution is 6.00. The van der Waals surface area contributed by atoms with Crippen molar-refractivity contribution < 1.29 is 23.9 Å². The number of benzene rings is 3. The summed E-state index contributed by atoms with van der Waals surface area (Å²) in [4.78, 5) is 58.2. The van der Waals surface area contributed by atoms with Gasteiger partial charge in [-0.2, -0.15) is 0 Å². The fraction of sp³-hybridized carbons (Fsp3) is 0.415. The quantitative estimate of drug-likeness (QED) is 0.185. The number of amides is 3. The number of nitrogens with zero attached hydrogens (tertiary/aromatic N) is 5. The number of carbonyl (C=O) groups excluding carboxylic acids is 3. The van der Waals surface area contributed by atoms with Crippen molar-refractivity contribution in [3.8, 4) is 17.6 Å². The zero-order chi connectivity index (χ0) is 36.2. The van der Waals surface area contributed by atoms with Crippen LogP contribution in [0.25, 0.3) is 11.0 Å². The van der Waals surface area contributed by atoms with E-state index < -0.39 is 6.04 Å². The van der Waals surface area contributed by atoms with Crippen LogP contribution in [0.1, 0.15) is 55.7 Å². The second-order valence-corrected chi connectivity index (χ2v) is 14.0. The van der Waals surface area contributed by atoms with E-state index >= 15 is 0 Å². The molecule has 270 valence electrons. The summed E-state index contributed by atoms with van der Waals surface area (Å²) in [5.41, 5.74) is 3.99. The molecule has 1 unspecified atom stereocenters. The molecule has 3 amide bonds. The molecular weight excluding hydrogens is 658 g/mol. The monoisotopic (exact) mass is 703 g/mol. The molecule has 52 heavy (non-hydrogen) atoms. The standard InChI is InChI=1S/C41H45N5O6/c1-42-37-26-33(12-15-35(37)46(40(42)49)36-16-17-38(47)45(39(36)48)27-31-10-13-34(51-2)14-11-31)43-22-18-29(19-23-43)8-9-30-20-24-44(25-21-30)41(50)52-28-32-6-4-3-5-7-32/h3-7,10-15,26,29-30,36H,16-25,27-28H2,1-2H3. The highest BCUT2D eigenvalue weighted by Gasteiger charge is 2.37. The molecule has 3 fully saturated rings. The SMILES string of the molecule is COc1ccc(CN2C(=O)CCC(n3c(=O)n(C)c4cc(N5CCC(C#CC6CCN(C(=O)OCc7ccccc7)CC6)CC5)ccc43)C2=O)cc1. The first-order valence-electron chi connectivity index (χ1n) is 18.2. The number of imidazole rings is 1. The van der Waals surface area contributed by atoms with Gasteiger partial charge in [-0.25, -0.2) is 9.59 Å². The van der Waals surface area contributed by atoms with E-state index in [2.05, 4.69) is 16.7 Å². The number of imide groups is 1. The predicted molar refractivity (Wildman–Crippen MR) is 198 cm³/mol. The van der Waals surface area contributed by atoms with Gasteiger partial charge in [0.2, 0.25) is 5.91 Å². The maximum absolute atomic E-state index is 13.8. The molecule has 1 aromatic heterocycles. The van der Waals surface area contributed by atoms with Crippen molar-refractivity contribution in [2.45, 2.75) is 57.7 Å². The molecule has 3 saturated heterocycles. The van der Waals surface area contributed by atoms with E-state index in [0.717, 1.165) is 61.1 Å². The largest absolute Gasteiger partial charge is 0.497 e. The Morgan fingerprint density at radius 3 is 2.13 bits per heavy atom. The van der Waals surface area contributed by atoms with E-state index in [1.54, 1.807) is 40.3 Å². The number of piperidine rings is 3. The maximum atomic E-state index is 13.8. The van der Waals surface area contributed by atoms with Crippen LogP contribution in [-0.2, 0) is 34.5 Å². The number of fused-ring (bicyclic) bond motifs is 1. The van der Waals surface area contributed by atoms with Crippen molar-refractivity contribution in [3.63, 3.8) is 0 Å². The van der Waals surface area contributed by atoms with Crippen molar-refractivity contribution in [2.24, 2.45) is 18.9 Å². The Morgan fingerprint density at radius 2 is 1.46 bits per heavy atom. The van der Waals surface area contributed by atoms with Gasteiger partial charge < -0.3 is 19.3 Å². The number of hydrogen-bond donors (Lipinski definition) is 0. The topological polar surface area (TPSA) is 106 Å². The van der Waals surface area contributed by atoms with Crippen LogP contribution in [0.15, 0.2) is 77.6 Å². The zero-order valence-corrected chi connectivity index (χ0v) is 29.8. The van der Waals surface area contributed by atoms with Crippen molar-refractivity contribution in [1.29, 1.82) is 0 Å². The van der Waals surface area contributed by atoms with Crippen LogP contribution >= 0.6 is 0 Å². The van der Waals surface area contributed by atoms with E-state index in [0.29, 0.717) is 30.3 Å². The molecule has 0 aliphatic carbocycles. The van der Waals surface area contributed by atoms with Crippen molar-refractivity contribution in [3.05, 3.63) is 94.4 Å². The van der Waals surface area contributed by atoms with Gasteiger partial charge in [0.25, 0.3) is 5.91 Å². The van der Waals surface area contributed by atoms with E-state index in [4.69, 9.17) is 9.47 Å². The molecule has 0 N–H and O–H groups in total. The molecule has 11 heteroatoms. The number of rotatable bonds is 7. The van der Waals surface area contributed by atoms with Crippen molar-refractivity contribution >= 4 is 34.6 Å². The molecule has 3 aliphatic rings. The minimum atomic E-state index is -0.756. The fourth-order valence-electron chi connectivity index (χ4n) is 7.53. The average Bonchev–Trinajstić information content (AvgIpc) is 3.43. The molecule has 4 aromatic rings. The Labute approximate surface area is 303 Å². The molecule has 0 radical (unpaired) electrons. The van der Waals surface area contributed by atoms with Crippen molar-refractivity contribution in [1.82, 2.24) is 18.9 Å². The van der Waals surface area contributed by atoms with Crippen LogP contribution in [0.4, 0.5) is 10.5 Å². The number of likely N-dealkylation sites (tertiary alicyclic amines) is 2. The summed E-state index contributed by atoms with van der Waals surface area (Å²) in [7, 11) is 3.32. The highest BCUT2D eigenvalue weighted by atomic mass is 16.6. The molecular formula is C41H45N5O6. The lowest BCUT2D eigenvalue weighted by molar-refractivity contribution is -0.151. The van der Waals surface area contributed by atoms with Crippen LogP contribution in [0, 0.1) is 23.7 Å². The average molecular weight is 704 g/mol. The fourth-order valence-corrected chi connectivity index (χ4v) is 7.53. The van der Waals surface area contributed by atoms with Gasteiger partial charge >= 0.3 is 11.8 Å². The first-order valence-corrected chi connectivity index (χ1v) is 18.2. The predicted octanol–water partition coefficient (Wildman–Crippen LogP) is 5.51. The summed E-state index contributed by atoms with van der Waals surface area (Å²) in [5, 5.41) is 0. The number of carbonyl (C=O) groups is 3. The van der Waals surface area contributed by atoms with Crippen LogP contribution in [-0.4, -0.2) is 70.1 Å². The van der Waals surface area contributed by atoms with Crippen LogP contribution in [0.3, 0.4) is 0 Å². The van der Waals surface area contributed by atoms with Crippen LogP contribution < -0.4 is 15.3 Å². The molecule has 11 nitrogen and oxygen atoms in total. The van der Waals surface area contributed by atoms with Gasteiger partial charge in [0, 0.05) is 57.2 Å². The Morgan fingerprint density at radius 1 is 0.788 bits per heavy atom. The summed E-state index contributed by atoms with van der Waals surface area (Å²) in [6.45, 7) is 3.46. The third-order valence-electron chi connectivity index (χ3n) is 10.7. The Balaban J connectivity index is 0.946. The van der Waals surface area contributed by atoms with Gasteiger partial charge in [-0.05, 0) is 73.6 Å². The number of hydrogen-bond acceptors (Lipinski definition) is 7. The third kappa shape index (κ3) is 7.42. The van der Waals surface area contributed by atoms with Gasteiger partial charge in [0.1, 0.15) is 18.4 Å². The lowest BCUT2D eigenvalue weighted by Gasteiger charge is -2.32. The molecule has 1 atom stereocenters. The van der Waals surface area contributed by atoms with Crippen LogP contribution in [0.2, 0.25) is 0 Å². The maximum Gasteiger partial charge on any atom is 0.410 e. The second-order valence-electron chi connectivity index (χ2n) is 14.0. The smallest absolute Gasteiger partial charge is 0.410 e. The normalized spacial score (nSPS) is 18.7. The zero-order valence-electron chi connectivity index (χ0n) is 29.8. The van der Waals surface area contributed by atoms with E-state index in [9.17, 15) is 19.2 Å².